The van der Waals surface area contributed by atoms with Crippen molar-refractivity contribution in [3.05, 3.63) is 131 Å². The smallest absolute Gasteiger partial charge is 0.344 e. The predicted molar refractivity (Wildman–Crippen MR) is 236 cm³/mol. The van der Waals surface area contributed by atoms with Crippen LogP contribution in [-0.2, 0) is 33.3 Å². The molecule has 1 aliphatic heterocycles. The molecular weight excluding hydrogens is 793 g/mol. The molecule has 330 valence electrons. The van der Waals surface area contributed by atoms with Crippen molar-refractivity contribution in [2.24, 2.45) is 17.3 Å². The minimum Gasteiger partial charge on any atom is -0.491 e. The van der Waals surface area contributed by atoms with Gasteiger partial charge in [0.15, 0.2) is 0 Å². The summed E-state index contributed by atoms with van der Waals surface area (Å²) >= 11 is 0. The highest BCUT2D eigenvalue weighted by Gasteiger charge is 2.32. The number of unbranched alkanes of at least 4 members (excludes halogenated alkanes) is 1. The molecule has 1 aliphatic carbocycles. The predicted octanol–water partition coefficient (Wildman–Crippen LogP) is 8.38. The van der Waals surface area contributed by atoms with E-state index < -0.39 is 29.4 Å². The molecule has 1 aromatic heterocycles. The van der Waals surface area contributed by atoms with Gasteiger partial charge in [0, 0.05) is 17.4 Å². The minimum absolute atomic E-state index is 0.0432. The molecule has 12 nitrogen and oxygen atoms in total. The molecule has 0 spiro atoms. The zero-order valence-electron chi connectivity index (χ0n) is 36.1. The molecule has 12 heteroatoms. The maximum atomic E-state index is 12.4. The largest absolute Gasteiger partial charge is 0.491 e. The van der Waals surface area contributed by atoms with E-state index in [4.69, 9.17) is 28.1 Å². The number of hydrogen-bond donors (Lipinski definition) is 2. The summed E-state index contributed by atoms with van der Waals surface area (Å²) in [6.07, 6.45) is 8.93. The van der Waals surface area contributed by atoms with Crippen LogP contribution in [0.2, 0.25) is 0 Å². The second-order valence-electron chi connectivity index (χ2n) is 16.1. The SMILES string of the molecule is CCC(C)(C)C(=O)OCC(O)COc1ccc2cc(-c3ccccc3)c(=O)oc2c1.CCC(C)C(=O)OCCCCC(O)COC1=CC2OC(=O)C(c3ccccc3)=CC2C=C1. The van der Waals surface area contributed by atoms with Gasteiger partial charge in [-0.2, -0.15) is 0 Å². The molecule has 2 N–H and O–H groups in total. The van der Waals surface area contributed by atoms with Crippen molar-refractivity contribution in [1.82, 2.24) is 0 Å². The van der Waals surface area contributed by atoms with E-state index in [1.54, 1.807) is 44.2 Å². The summed E-state index contributed by atoms with van der Waals surface area (Å²) in [4.78, 5) is 48.4. The lowest BCUT2D eigenvalue weighted by molar-refractivity contribution is -0.157. The summed E-state index contributed by atoms with van der Waals surface area (Å²) in [7, 11) is 0. The average molecular weight is 851 g/mol. The fourth-order valence-electron chi connectivity index (χ4n) is 6.27. The molecular formula is C50H58O12. The van der Waals surface area contributed by atoms with E-state index >= 15 is 0 Å². The first-order valence-corrected chi connectivity index (χ1v) is 21.2. The molecule has 2 aliphatic rings. The zero-order chi connectivity index (χ0) is 44.6. The van der Waals surface area contributed by atoms with Crippen LogP contribution in [-0.4, -0.2) is 72.9 Å². The number of aliphatic hydroxyl groups excluding tert-OH is 2. The maximum absolute atomic E-state index is 12.4. The van der Waals surface area contributed by atoms with E-state index in [2.05, 4.69) is 0 Å². The van der Waals surface area contributed by atoms with Crippen LogP contribution < -0.4 is 10.4 Å². The molecule has 0 fully saturated rings. The number of allylic oxidation sites excluding steroid dienone is 1. The Balaban J connectivity index is 0.000000235. The van der Waals surface area contributed by atoms with Gasteiger partial charge in [-0.3, -0.25) is 9.59 Å². The first-order chi connectivity index (χ1) is 29.8. The molecule has 0 bridgehead atoms. The third kappa shape index (κ3) is 13.5. The quantitative estimate of drug-likeness (QED) is 0.0401. The highest BCUT2D eigenvalue weighted by molar-refractivity contribution is 6.17. The van der Waals surface area contributed by atoms with Crippen molar-refractivity contribution in [3.8, 4) is 16.9 Å². The molecule has 62 heavy (non-hydrogen) atoms. The Morgan fingerprint density at radius 1 is 0.806 bits per heavy atom. The van der Waals surface area contributed by atoms with Crippen LogP contribution in [0.15, 0.2) is 124 Å². The number of carbonyl (C=O) groups is 3. The summed E-state index contributed by atoms with van der Waals surface area (Å²) in [6.45, 7) is 9.62. The highest BCUT2D eigenvalue weighted by atomic mass is 16.6. The van der Waals surface area contributed by atoms with Gasteiger partial charge in [-0.15, -0.1) is 0 Å². The second-order valence-corrected chi connectivity index (χ2v) is 16.1. The molecule has 5 unspecified atom stereocenters. The van der Waals surface area contributed by atoms with E-state index in [-0.39, 0.29) is 49.6 Å². The van der Waals surface area contributed by atoms with Gasteiger partial charge in [0.05, 0.1) is 35.2 Å². The van der Waals surface area contributed by atoms with Crippen LogP contribution in [0.5, 0.6) is 5.75 Å². The van der Waals surface area contributed by atoms with Crippen LogP contribution >= 0.6 is 0 Å². The van der Waals surface area contributed by atoms with Crippen molar-refractivity contribution < 1.29 is 52.7 Å². The molecule has 5 atom stereocenters. The summed E-state index contributed by atoms with van der Waals surface area (Å²) in [5, 5.41) is 21.0. The number of benzene rings is 3. The standard InChI is InChI=1S/C26H32O6.C24H26O6/c1-3-18(2)25(28)30-14-8-7-11-21(27)17-31-22-13-12-20-15-23(19-9-5-4-6-10-19)26(29)32-24(20)16-22;1-4-24(2,3)23(27)29-15-18(25)14-28-19-11-10-17-12-20(16-8-6-5-7-9-16)22(26)30-21(17)13-19/h4-6,9-10,12-13,15-16,18,20-21,24,27H,3,7-8,11,14,17H2,1-2H3;5-13,18,25H,4,14-15H2,1-3H3. The van der Waals surface area contributed by atoms with Crippen LogP contribution in [0, 0.1) is 17.3 Å². The maximum Gasteiger partial charge on any atom is 0.344 e. The van der Waals surface area contributed by atoms with Crippen LogP contribution in [0.3, 0.4) is 0 Å². The Bertz CT molecular complexity index is 2260. The third-order valence-corrected chi connectivity index (χ3v) is 10.8. The van der Waals surface area contributed by atoms with Crippen molar-refractivity contribution in [2.75, 3.05) is 26.4 Å². The van der Waals surface area contributed by atoms with E-state index in [1.807, 2.05) is 99.7 Å². The van der Waals surface area contributed by atoms with Gasteiger partial charge in [-0.1, -0.05) is 93.6 Å². The Morgan fingerprint density at radius 3 is 2.19 bits per heavy atom. The minimum atomic E-state index is -0.968. The van der Waals surface area contributed by atoms with E-state index in [0.717, 1.165) is 29.4 Å². The molecule has 0 saturated carbocycles. The Kier molecular flexibility index (Phi) is 17.3. The first-order valence-electron chi connectivity index (χ1n) is 21.2. The van der Waals surface area contributed by atoms with Gasteiger partial charge in [0.2, 0.25) is 0 Å². The van der Waals surface area contributed by atoms with Crippen molar-refractivity contribution >= 4 is 34.5 Å². The van der Waals surface area contributed by atoms with Crippen LogP contribution in [0.1, 0.15) is 72.3 Å². The number of rotatable bonds is 19. The van der Waals surface area contributed by atoms with Crippen LogP contribution in [0.25, 0.3) is 27.7 Å². The lowest BCUT2D eigenvalue weighted by Crippen LogP contribution is -2.31. The lowest BCUT2D eigenvalue weighted by Gasteiger charge is -2.29. The van der Waals surface area contributed by atoms with E-state index in [1.165, 1.54) is 0 Å². The summed E-state index contributed by atoms with van der Waals surface area (Å²) < 4.78 is 32.7. The first kappa shape index (κ1) is 47.1. The van der Waals surface area contributed by atoms with Gasteiger partial charge in [0.25, 0.3) is 0 Å². The van der Waals surface area contributed by atoms with Gasteiger partial charge in [-0.25, -0.2) is 9.59 Å². The topological polar surface area (TPSA) is 168 Å². The number of esters is 3. The van der Waals surface area contributed by atoms with E-state index in [0.29, 0.717) is 54.1 Å². The number of carbonyl (C=O) groups excluding carboxylic acids is 3. The van der Waals surface area contributed by atoms with E-state index in [9.17, 15) is 29.4 Å². The Hall–Kier alpha value is -5.98. The van der Waals surface area contributed by atoms with Crippen molar-refractivity contribution in [3.63, 3.8) is 0 Å². The summed E-state index contributed by atoms with van der Waals surface area (Å²) in [5.74, 6) is 0.0325. The number of aliphatic hydroxyl groups is 2. The second kappa shape index (κ2) is 22.7. The van der Waals surface area contributed by atoms with Gasteiger partial charge < -0.3 is 38.3 Å². The normalized spacial score (nSPS) is 17.2. The Labute approximate surface area is 362 Å². The molecule has 0 saturated heterocycles. The highest BCUT2D eigenvalue weighted by Crippen LogP contribution is 2.32. The van der Waals surface area contributed by atoms with Crippen molar-refractivity contribution in [1.29, 1.82) is 0 Å². The number of fused-ring (bicyclic) bond motifs is 2. The van der Waals surface area contributed by atoms with Gasteiger partial charge >= 0.3 is 23.5 Å². The van der Waals surface area contributed by atoms with Gasteiger partial charge in [-0.05, 0) is 87.4 Å². The molecule has 6 rings (SSSR count). The van der Waals surface area contributed by atoms with Gasteiger partial charge in [0.1, 0.15) is 49.1 Å². The van der Waals surface area contributed by atoms with Crippen LogP contribution in [0.4, 0.5) is 0 Å². The molecule has 2 heterocycles. The fraction of sp³-hybridized carbons (Fsp3) is 0.400. The zero-order valence-corrected chi connectivity index (χ0v) is 36.1. The van der Waals surface area contributed by atoms with Crippen molar-refractivity contribution in [2.45, 2.75) is 85.0 Å². The molecule has 3 aromatic carbocycles. The average Bonchev–Trinajstić information content (AvgIpc) is 3.28. The molecule has 0 amide bonds. The molecule has 0 radical (unpaired) electrons. The summed E-state index contributed by atoms with van der Waals surface area (Å²) in [6, 6.07) is 25.7. The lowest BCUT2D eigenvalue weighted by atomic mass is 9.90. The summed E-state index contributed by atoms with van der Waals surface area (Å²) in [5.41, 5.74) is 2.06. The monoisotopic (exact) mass is 850 g/mol. The Morgan fingerprint density at radius 2 is 1.50 bits per heavy atom. The molecule has 4 aromatic rings. The fourth-order valence-corrected chi connectivity index (χ4v) is 6.27. The number of hydrogen-bond acceptors (Lipinski definition) is 12. The number of ether oxygens (including phenoxy) is 5. The third-order valence-electron chi connectivity index (χ3n) is 10.8.